The van der Waals surface area contributed by atoms with E-state index in [2.05, 4.69) is 16.6 Å². The molecule has 2 N–H and O–H groups in total. The average Bonchev–Trinajstić information content (AvgIpc) is 2.98. The van der Waals surface area contributed by atoms with Crippen LogP contribution in [0.15, 0.2) is 34.2 Å². The Labute approximate surface area is 124 Å². The van der Waals surface area contributed by atoms with Crippen molar-refractivity contribution in [3.63, 3.8) is 0 Å². The van der Waals surface area contributed by atoms with Crippen LogP contribution in [0.1, 0.15) is 6.42 Å². The predicted molar refractivity (Wildman–Crippen MR) is 82.2 cm³/mol. The minimum absolute atomic E-state index is 0.0614. The van der Waals surface area contributed by atoms with E-state index in [-0.39, 0.29) is 19.3 Å². The van der Waals surface area contributed by atoms with E-state index in [1.807, 2.05) is 4.90 Å². The van der Waals surface area contributed by atoms with Gasteiger partial charge in [0.25, 0.3) is 0 Å². The van der Waals surface area contributed by atoms with Gasteiger partial charge in [-0.05, 0) is 6.42 Å². The summed E-state index contributed by atoms with van der Waals surface area (Å²) in [4.78, 5) is 10.4. The number of hydrogen-bond donors (Lipinski definition) is 1. The minimum atomic E-state index is 0.0614. The lowest BCUT2D eigenvalue weighted by molar-refractivity contribution is 0.114. The summed E-state index contributed by atoms with van der Waals surface area (Å²) in [7, 11) is 3.37. The summed E-state index contributed by atoms with van der Waals surface area (Å²) in [6.07, 6.45) is 3.06. The fourth-order valence-corrected chi connectivity index (χ4v) is 1.87. The molecule has 1 rings (SSSR count). The molecule has 7 heteroatoms. The highest BCUT2D eigenvalue weighted by Crippen LogP contribution is 2.12. The second kappa shape index (κ2) is 9.25. The molecule has 0 bridgehead atoms. The highest BCUT2D eigenvalue weighted by molar-refractivity contribution is 5.92. The van der Waals surface area contributed by atoms with Crippen molar-refractivity contribution in [1.29, 1.82) is 0 Å². The normalized spacial score (nSPS) is 20.4. The Morgan fingerprint density at radius 2 is 2.33 bits per heavy atom. The van der Waals surface area contributed by atoms with Gasteiger partial charge in [-0.1, -0.05) is 6.58 Å². The van der Waals surface area contributed by atoms with Crippen LogP contribution in [-0.4, -0.2) is 63.6 Å². The number of likely N-dealkylation sites (tertiary alicyclic amines) is 1. The zero-order valence-corrected chi connectivity index (χ0v) is 12.6. The van der Waals surface area contributed by atoms with Gasteiger partial charge in [0.2, 0.25) is 5.96 Å². The lowest BCUT2D eigenvalue weighted by Crippen LogP contribution is -2.28. The molecule has 0 aliphatic carbocycles. The third kappa shape index (κ3) is 5.65. The topological polar surface area (TPSA) is 72.4 Å². The third-order valence-electron chi connectivity index (χ3n) is 3.14. The maximum Gasteiger partial charge on any atom is 0.220 e. The van der Waals surface area contributed by atoms with E-state index in [9.17, 15) is 4.39 Å². The summed E-state index contributed by atoms with van der Waals surface area (Å²) in [5, 5.41) is 0. The Kier molecular flexibility index (Phi) is 7.63. The maximum atomic E-state index is 12.3. The zero-order chi connectivity index (χ0) is 15.7. The number of methoxy groups -OCH3 is 1. The monoisotopic (exact) mass is 298 g/mol. The van der Waals surface area contributed by atoms with Gasteiger partial charge in [-0.3, -0.25) is 4.99 Å². The first-order valence-corrected chi connectivity index (χ1v) is 6.73. The molecule has 6 nitrogen and oxygen atoms in total. The van der Waals surface area contributed by atoms with Gasteiger partial charge >= 0.3 is 0 Å². The van der Waals surface area contributed by atoms with Crippen molar-refractivity contribution in [2.24, 2.45) is 15.7 Å². The summed E-state index contributed by atoms with van der Waals surface area (Å²) >= 11 is 0. The number of ether oxygens (including phenoxy) is 2. The lowest BCUT2D eigenvalue weighted by atomic mass is 10.3. The molecule has 0 aromatic carbocycles. The smallest absolute Gasteiger partial charge is 0.220 e. The van der Waals surface area contributed by atoms with Crippen LogP contribution in [-0.2, 0) is 9.47 Å². The number of hydrogen-bond acceptors (Lipinski definition) is 4. The van der Waals surface area contributed by atoms with Crippen molar-refractivity contribution in [1.82, 2.24) is 4.90 Å². The number of guanidine groups is 1. The van der Waals surface area contributed by atoms with E-state index >= 15 is 0 Å². The molecule has 0 amide bonds. The first-order valence-electron chi connectivity index (χ1n) is 6.73. The second-order valence-corrected chi connectivity index (χ2v) is 4.60. The van der Waals surface area contributed by atoms with E-state index in [4.69, 9.17) is 15.2 Å². The summed E-state index contributed by atoms with van der Waals surface area (Å²) in [6, 6.07) is 0. The van der Waals surface area contributed by atoms with E-state index in [1.165, 1.54) is 6.21 Å². The third-order valence-corrected chi connectivity index (χ3v) is 3.14. The Morgan fingerprint density at radius 3 is 2.86 bits per heavy atom. The molecule has 0 saturated carbocycles. The van der Waals surface area contributed by atoms with Gasteiger partial charge in [0.05, 0.1) is 18.6 Å². The van der Waals surface area contributed by atoms with Crippen molar-refractivity contribution in [2.75, 3.05) is 40.4 Å². The van der Waals surface area contributed by atoms with Gasteiger partial charge in [0.15, 0.2) is 0 Å². The number of nitrogens with zero attached hydrogens (tertiary/aromatic N) is 3. The van der Waals surface area contributed by atoms with Crippen LogP contribution in [0.25, 0.3) is 0 Å². The van der Waals surface area contributed by atoms with Gasteiger partial charge in [0, 0.05) is 39.4 Å². The number of nitrogens with two attached hydrogens (primary N) is 1. The van der Waals surface area contributed by atoms with Gasteiger partial charge in [0.1, 0.15) is 12.4 Å². The van der Waals surface area contributed by atoms with E-state index in [0.717, 1.165) is 19.5 Å². The minimum Gasteiger partial charge on any atom is -0.488 e. The van der Waals surface area contributed by atoms with Crippen LogP contribution in [0.3, 0.4) is 0 Å². The highest BCUT2D eigenvalue weighted by Gasteiger charge is 2.24. The van der Waals surface area contributed by atoms with Crippen LogP contribution in [0.4, 0.5) is 4.39 Å². The summed E-state index contributed by atoms with van der Waals surface area (Å²) in [5.41, 5.74) is 5.69. The van der Waals surface area contributed by atoms with Crippen LogP contribution >= 0.6 is 0 Å². The predicted octanol–water partition coefficient (Wildman–Crippen LogP) is 1.11. The summed E-state index contributed by atoms with van der Waals surface area (Å²) in [5.74, 6) is 0.922. The zero-order valence-electron chi connectivity index (χ0n) is 12.6. The van der Waals surface area contributed by atoms with Gasteiger partial charge in [-0.15, -0.1) is 0 Å². The molecule has 1 atom stereocenters. The first-order chi connectivity index (χ1) is 10.1. The van der Waals surface area contributed by atoms with Gasteiger partial charge in [-0.25, -0.2) is 9.38 Å². The SMILES string of the molecule is C=C(C=NC(=NC)N1CC[C@H](OC)C1)OC/C(=C/F)CN. The lowest BCUT2D eigenvalue weighted by Gasteiger charge is -2.16. The quantitative estimate of drug-likeness (QED) is 0.453. The summed E-state index contributed by atoms with van der Waals surface area (Å²) in [6.45, 7) is 5.47. The van der Waals surface area contributed by atoms with E-state index in [1.54, 1.807) is 14.2 Å². The molecule has 1 heterocycles. The molecule has 118 valence electrons. The molecular formula is C14H23FN4O2. The standard InChI is InChI=1S/C14H23FN4O2/c1-11(21-10-12(6-15)7-16)8-18-14(17-2)19-5-4-13(9-19)20-3/h6,8,13H,1,4-5,7,9-10,16H2,2-3H3/b12-6+,17-14?,18-8?/t13-/m0/s1. The van der Waals surface area contributed by atoms with Crippen molar-refractivity contribution < 1.29 is 13.9 Å². The molecule has 0 aromatic rings. The molecule has 1 fully saturated rings. The number of rotatable bonds is 6. The van der Waals surface area contributed by atoms with Crippen LogP contribution < -0.4 is 5.73 Å². The molecule has 1 saturated heterocycles. The molecule has 21 heavy (non-hydrogen) atoms. The van der Waals surface area contributed by atoms with Crippen molar-refractivity contribution in [3.05, 3.63) is 24.2 Å². The Balaban J connectivity index is 2.48. The largest absolute Gasteiger partial charge is 0.488 e. The molecule has 1 aliphatic rings. The molecule has 0 radical (unpaired) electrons. The average molecular weight is 298 g/mol. The van der Waals surface area contributed by atoms with E-state index < -0.39 is 0 Å². The molecule has 0 unspecified atom stereocenters. The summed E-state index contributed by atoms with van der Waals surface area (Å²) < 4.78 is 22.9. The second-order valence-electron chi connectivity index (χ2n) is 4.60. The number of aliphatic imine (C=N–C) groups is 2. The highest BCUT2D eigenvalue weighted by atomic mass is 19.1. The van der Waals surface area contributed by atoms with Crippen molar-refractivity contribution in [3.8, 4) is 0 Å². The van der Waals surface area contributed by atoms with Crippen molar-refractivity contribution in [2.45, 2.75) is 12.5 Å². The number of allylic oxidation sites excluding steroid dienone is 1. The van der Waals surface area contributed by atoms with Crippen LogP contribution in [0, 0.1) is 0 Å². The van der Waals surface area contributed by atoms with Crippen LogP contribution in [0.2, 0.25) is 0 Å². The fourth-order valence-electron chi connectivity index (χ4n) is 1.87. The van der Waals surface area contributed by atoms with Gasteiger partial charge in [-0.2, -0.15) is 0 Å². The molecule has 0 spiro atoms. The molecule has 1 aliphatic heterocycles. The molecule has 0 aromatic heterocycles. The van der Waals surface area contributed by atoms with Crippen molar-refractivity contribution >= 4 is 12.2 Å². The molecular weight excluding hydrogens is 275 g/mol. The van der Waals surface area contributed by atoms with E-state index in [0.29, 0.717) is 23.6 Å². The first kappa shape index (κ1) is 17.3. The maximum absolute atomic E-state index is 12.3. The fraction of sp³-hybridized carbons (Fsp3) is 0.571. The Hall–Kier alpha value is -1.73. The Bertz CT molecular complexity index is 435. The number of halogens is 1. The Morgan fingerprint density at radius 1 is 1.57 bits per heavy atom. The van der Waals surface area contributed by atoms with Gasteiger partial charge < -0.3 is 20.1 Å². The van der Waals surface area contributed by atoms with Crippen LogP contribution in [0.5, 0.6) is 0 Å².